The molecule has 29 heavy (non-hydrogen) atoms. The molecule has 2 amide bonds. The van der Waals surface area contributed by atoms with E-state index in [9.17, 15) is 4.79 Å². The van der Waals surface area contributed by atoms with Crippen LogP contribution in [-0.2, 0) is 6.54 Å². The van der Waals surface area contributed by atoms with Gasteiger partial charge in [0, 0.05) is 50.2 Å². The van der Waals surface area contributed by atoms with Crippen LogP contribution in [0, 0.1) is 6.92 Å². The van der Waals surface area contributed by atoms with Crippen molar-refractivity contribution in [1.29, 1.82) is 0 Å². The molecule has 0 saturated carbocycles. The molecular formula is C21H28N6O2. The molecule has 0 aliphatic carbocycles. The summed E-state index contributed by atoms with van der Waals surface area (Å²) in [5.41, 5.74) is 2.90. The first-order chi connectivity index (χ1) is 14.1. The zero-order chi connectivity index (χ0) is 20.4. The zero-order valence-corrected chi connectivity index (χ0v) is 17.0. The molecule has 1 saturated heterocycles. The summed E-state index contributed by atoms with van der Waals surface area (Å²) in [6.45, 7) is 5.30. The lowest BCUT2D eigenvalue weighted by Gasteiger charge is -2.35. The highest BCUT2D eigenvalue weighted by Crippen LogP contribution is 2.31. The highest BCUT2D eigenvalue weighted by molar-refractivity contribution is 6.05. The molecule has 0 bridgehead atoms. The summed E-state index contributed by atoms with van der Waals surface area (Å²) in [5, 5.41) is 12.5. The average Bonchev–Trinajstić information content (AvgIpc) is 2.73. The van der Waals surface area contributed by atoms with Gasteiger partial charge in [-0.3, -0.25) is 9.80 Å². The third kappa shape index (κ3) is 4.04. The molecule has 2 aliphatic rings. The van der Waals surface area contributed by atoms with Gasteiger partial charge in [0.25, 0.3) is 0 Å². The number of nitrogens with zero attached hydrogens (tertiary/aromatic N) is 5. The number of nitrogens with one attached hydrogen (secondary N) is 1. The van der Waals surface area contributed by atoms with Crippen LogP contribution in [0.1, 0.15) is 24.0 Å². The standard InChI is InChI=1S/C21H28N6O2/c1-15-5-3-4-6-18(15)27-14-16-13-22-20(24-19(16)25(2)21(27)29)23-17-7-9-26(10-8-17)11-12-28/h3-6,13,17,28H,7-12,14H2,1-2H3,(H,22,23,24). The molecule has 2 aliphatic heterocycles. The fourth-order valence-electron chi connectivity index (χ4n) is 4.06. The number of hydrogen-bond acceptors (Lipinski definition) is 6. The summed E-state index contributed by atoms with van der Waals surface area (Å²) in [7, 11) is 1.76. The number of carbonyl (C=O) groups excluding carboxylic acids is 1. The van der Waals surface area contributed by atoms with Gasteiger partial charge in [-0.1, -0.05) is 18.2 Å². The van der Waals surface area contributed by atoms with E-state index in [1.165, 1.54) is 0 Å². The number of piperidine rings is 1. The van der Waals surface area contributed by atoms with Crippen LogP contribution in [0.4, 0.5) is 22.2 Å². The van der Waals surface area contributed by atoms with Crippen molar-refractivity contribution in [1.82, 2.24) is 14.9 Å². The highest BCUT2D eigenvalue weighted by atomic mass is 16.3. The van der Waals surface area contributed by atoms with E-state index in [2.05, 4.69) is 20.2 Å². The first kappa shape index (κ1) is 19.6. The molecule has 8 heteroatoms. The summed E-state index contributed by atoms with van der Waals surface area (Å²) in [5.74, 6) is 1.23. The molecule has 0 radical (unpaired) electrons. The quantitative estimate of drug-likeness (QED) is 0.806. The van der Waals surface area contributed by atoms with Crippen molar-refractivity contribution in [2.24, 2.45) is 0 Å². The van der Waals surface area contributed by atoms with E-state index in [0.717, 1.165) is 49.3 Å². The second-order valence-corrected chi connectivity index (χ2v) is 7.74. The van der Waals surface area contributed by atoms with Gasteiger partial charge in [-0.15, -0.1) is 0 Å². The fraction of sp³-hybridized carbons (Fsp3) is 0.476. The predicted octanol–water partition coefficient (Wildman–Crippen LogP) is 2.23. The number of fused-ring (bicyclic) bond motifs is 1. The van der Waals surface area contributed by atoms with Gasteiger partial charge >= 0.3 is 6.03 Å². The molecule has 0 atom stereocenters. The molecule has 2 aromatic rings. The lowest BCUT2D eigenvalue weighted by atomic mass is 10.1. The van der Waals surface area contributed by atoms with E-state index in [1.54, 1.807) is 16.8 Å². The number of aromatic nitrogens is 2. The number of para-hydroxylation sites is 1. The topological polar surface area (TPSA) is 84.8 Å². The number of hydrogen-bond donors (Lipinski definition) is 2. The van der Waals surface area contributed by atoms with Crippen LogP contribution in [0.5, 0.6) is 0 Å². The highest BCUT2D eigenvalue weighted by Gasteiger charge is 2.31. The third-order valence-corrected chi connectivity index (χ3v) is 5.75. The van der Waals surface area contributed by atoms with Gasteiger partial charge in [0.05, 0.1) is 13.2 Å². The summed E-state index contributed by atoms with van der Waals surface area (Å²) in [4.78, 5) is 27.8. The molecule has 0 spiro atoms. The maximum atomic E-state index is 13.0. The second-order valence-electron chi connectivity index (χ2n) is 7.74. The largest absolute Gasteiger partial charge is 0.395 e. The Labute approximate surface area is 171 Å². The van der Waals surface area contributed by atoms with Crippen molar-refractivity contribution in [3.63, 3.8) is 0 Å². The summed E-state index contributed by atoms with van der Waals surface area (Å²) < 4.78 is 0. The molecule has 1 aromatic carbocycles. The number of anilines is 3. The van der Waals surface area contributed by atoms with Gasteiger partial charge < -0.3 is 15.3 Å². The van der Waals surface area contributed by atoms with E-state index < -0.39 is 0 Å². The molecule has 8 nitrogen and oxygen atoms in total. The number of β-amino-alcohol motifs (C(OH)–C–C–N with tert-alkyl or cyclic N) is 1. The van der Waals surface area contributed by atoms with Crippen LogP contribution in [0.2, 0.25) is 0 Å². The lowest BCUT2D eigenvalue weighted by molar-refractivity contribution is 0.168. The Kier molecular flexibility index (Phi) is 5.64. The van der Waals surface area contributed by atoms with Crippen molar-refractivity contribution in [2.45, 2.75) is 32.4 Å². The van der Waals surface area contributed by atoms with Crippen molar-refractivity contribution >= 4 is 23.5 Å². The van der Waals surface area contributed by atoms with Crippen LogP contribution >= 0.6 is 0 Å². The normalized spacial score (nSPS) is 18.1. The van der Waals surface area contributed by atoms with Crippen molar-refractivity contribution in [3.8, 4) is 0 Å². The van der Waals surface area contributed by atoms with E-state index >= 15 is 0 Å². The van der Waals surface area contributed by atoms with Crippen LogP contribution in [-0.4, -0.2) is 65.3 Å². The molecule has 154 valence electrons. The van der Waals surface area contributed by atoms with Crippen LogP contribution < -0.4 is 15.1 Å². The molecule has 0 unspecified atom stereocenters. The average molecular weight is 396 g/mol. The van der Waals surface area contributed by atoms with Gasteiger partial charge in [-0.25, -0.2) is 9.78 Å². The number of carbonyl (C=O) groups is 1. The number of aliphatic hydroxyl groups is 1. The Hall–Kier alpha value is -2.71. The molecule has 2 N–H and O–H groups in total. The van der Waals surface area contributed by atoms with E-state index in [0.29, 0.717) is 24.4 Å². The van der Waals surface area contributed by atoms with Crippen LogP contribution in [0.15, 0.2) is 30.5 Å². The zero-order valence-electron chi connectivity index (χ0n) is 17.0. The number of likely N-dealkylation sites (tertiary alicyclic amines) is 1. The maximum Gasteiger partial charge on any atom is 0.330 e. The van der Waals surface area contributed by atoms with Crippen molar-refractivity contribution < 1.29 is 9.90 Å². The van der Waals surface area contributed by atoms with Gasteiger partial charge in [0.15, 0.2) is 0 Å². The Morgan fingerprint density at radius 3 is 2.72 bits per heavy atom. The Balaban J connectivity index is 1.49. The van der Waals surface area contributed by atoms with Gasteiger partial charge in [0.2, 0.25) is 5.95 Å². The minimum absolute atomic E-state index is 0.0891. The minimum atomic E-state index is -0.0891. The molecule has 1 aromatic heterocycles. The molecule has 1 fully saturated rings. The Bertz CT molecular complexity index is 881. The first-order valence-electron chi connectivity index (χ1n) is 10.1. The number of amides is 2. The monoisotopic (exact) mass is 396 g/mol. The summed E-state index contributed by atoms with van der Waals surface area (Å²) in [6, 6.07) is 8.10. The minimum Gasteiger partial charge on any atom is -0.395 e. The molecule has 4 rings (SSSR count). The van der Waals surface area contributed by atoms with Gasteiger partial charge in [-0.2, -0.15) is 4.98 Å². The predicted molar refractivity (Wildman–Crippen MR) is 113 cm³/mol. The van der Waals surface area contributed by atoms with Gasteiger partial charge in [-0.05, 0) is 31.4 Å². The SMILES string of the molecule is Cc1ccccc1N1Cc2cnc(NC3CCN(CCO)CC3)nc2N(C)C1=O. The third-order valence-electron chi connectivity index (χ3n) is 5.75. The van der Waals surface area contributed by atoms with E-state index in [4.69, 9.17) is 5.11 Å². The number of benzene rings is 1. The Morgan fingerprint density at radius 1 is 1.24 bits per heavy atom. The van der Waals surface area contributed by atoms with Crippen molar-refractivity contribution in [2.75, 3.05) is 48.4 Å². The van der Waals surface area contributed by atoms with Crippen LogP contribution in [0.3, 0.4) is 0 Å². The maximum absolute atomic E-state index is 13.0. The van der Waals surface area contributed by atoms with Gasteiger partial charge in [0.1, 0.15) is 5.82 Å². The number of urea groups is 1. The van der Waals surface area contributed by atoms with Crippen LogP contribution in [0.25, 0.3) is 0 Å². The van der Waals surface area contributed by atoms with E-state index in [-0.39, 0.29) is 12.6 Å². The van der Waals surface area contributed by atoms with Crippen molar-refractivity contribution in [3.05, 3.63) is 41.6 Å². The smallest absolute Gasteiger partial charge is 0.330 e. The second kappa shape index (κ2) is 8.34. The first-order valence-corrected chi connectivity index (χ1v) is 10.1. The van der Waals surface area contributed by atoms with E-state index in [1.807, 2.05) is 37.4 Å². The molecular weight excluding hydrogens is 368 g/mol. The number of aliphatic hydroxyl groups excluding tert-OH is 1. The number of rotatable bonds is 5. The summed E-state index contributed by atoms with van der Waals surface area (Å²) in [6.07, 6.45) is 3.78. The number of aryl methyl sites for hydroxylation is 1. The molecule has 3 heterocycles. The lowest BCUT2D eigenvalue weighted by Crippen LogP contribution is -2.46. The fourth-order valence-corrected chi connectivity index (χ4v) is 4.06. The summed E-state index contributed by atoms with van der Waals surface area (Å²) >= 11 is 0. The Morgan fingerprint density at radius 2 is 2.00 bits per heavy atom.